The van der Waals surface area contributed by atoms with Crippen molar-refractivity contribution in [1.29, 1.82) is 0 Å². The second kappa shape index (κ2) is 39.6. The minimum atomic E-state index is -1.85. The number of ether oxygens (including phenoxy) is 1. The highest BCUT2D eigenvalue weighted by molar-refractivity contribution is 8.13. The Morgan fingerprint density at radius 3 is 1.67 bits per heavy atom. The van der Waals surface area contributed by atoms with Crippen LogP contribution >= 0.6 is 23.5 Å². The standard InChI is InChI=1S/C69H79N11O19S2/c1-38(2)61(68(97)74-39(3)62(91)73-33-60(90)101-43-24-22-41(23-25-43)29-59(88)89)80-67(96)53(36-100-37-54(82)42-16-8-5-9-17-42)75-57(85)32-71-56(84)31-72-63(92)52(34-81)78-65(94)50(28-40-14-6-4-7-15-40)76-66(95)51(30-55(70)83)77-64(93)49(26-27-58(86)87)79-69(98)99-35-48-46-20-12-10-18-44(46)45-19-11-13-21-47(45)48/h4-25,38-39,48-53,61,81H,26-37H2,1-3H3,(H2,70,83)(H,71,84)(H,72,92)(H,73,91)(H,74,97)(H,75,85)(H,76,95)(H,77,93)(H,78,94)(H,79,98)(H,80,96)(H,86,87)(H,88,89)/t39-,49-,50-,51-,52-,53-,61-/m0/s1. The summed E-state index contributed by atoms with van der Waals surface area (Å²) in [5.41, 5.74) is 10.5. The van der Waals surface area contributed by atoms with E-state index in [9.17, 15) is 82.1 Å². The molecule has 0 bridgehead atoms. The molecule has 101 heavy (non-hydrogen) atoms. The van der Waals surface area contributed by atoms with Crippen LogP contribution in [0.3, 0.4) is 0 Å². The number of carbonyl (C=O) groups is 15. The van der Waals surface area contributed by atoms with E-state index >= 15 is 0 Å². The molecule has 32 heteroatoms. The van der Waals surface area contributed by atoms with E-state index in [1.807, 2.05) is 48.5 Å². The second-order valence-corrected chi connectivity index (χ2v) is 25.6. The van der Waals surface area contributed by atoms with Crippen LogP contribution in [0.4, 0.5) is 4.79 Å². The number of thioether (sulfide) groups is 2. The smallest absolute Gasteiger partial charge is 0.407 e. The summed E-state index contributed by atoms with van der Waals surface area (Å²) in [6.07, 6.45) is -3.64. The average Bonchev–Trinajstić information content (AvgIpc) is 1.62. The Balaban J connectivity index is 1.03. The van der Waals surface area contributed by atoms with Crippen molar-refractivity contribution in [2.75, 3.05) is 44.4 Å². The molecule has 1 aliphatic rings. The summed E-state index contributed by atoms with van der Waals surface area (Å²) in [7, 11) is 0. The van der Waals surface area contributed by atoms with Crippen molar-refractivity contribution in [1.82, 2.24) is 53.2 Å². The molecule has 5 aromatic rings. The SMILES string of the molecule is CC(C)[C@H](NC(=O)[C@H](CSCC(=O)c1ccccc1)NC(=O)CNC(=O)CNC(=O)[C@H](CO)NC(=O)[C@H](Cc1ccccc1)NC(=O)[C@H](CC(N)=O)NC(=O)[C@H](CCC(=O)O)NC(=O)OCC1c2ccccc2-c2ccccc21)C(=O)N[C@@H](C)C(=O)NCC(=O)Sc1ccc(CC(=O)O)cc1. The lowest BCUT2D eigenvalue weighted by Gasteiger charge is -2.26. The molecule has 15 N–H and O–H groups in total. The fraction of sp³-hybridized carbons (Fsp3) is 0.348. The highest BCUT2D eigenvalue weighted by Gasteiger charge is 2.36. The molecule has 0 aliphatic heterocycles. The number of carbonyl (C=O) groups excluding carboxylic acids is 13. The first-order valence-electron chi connectivity index (χ1n) is 31.8. The number of carboxylic acids is 2. The van der Waals surface area contributed by atoms with Gasteiger partial charge in [-0.2, -0.15) is 11.8 Å². The monoisotopic (exact) mass is 1430 g/mol. The van der Waals surface area contributed by atoms with Crippen molar-refractivity contribution >= 4 is 112 Å². The van der Waals surface area contributed by atoms with Crippen LogP contribution in [0.1, 0.15) is 78.6 Å². The van der Waals surface area contributed by atoms with Crippen LogP contribution < -0.4 is 58.9 Å². The molecule has 0 unspecified atom stereocenters. The van der Waals surface area contributed by atoms with E-state index < -0.39 is 176 Å². The highest BCUT2D eigenvalue weighted by atomic mass is 32.2. The maximum atomic E-state index is 14.1. The van der Waals surface area contributed by atoms with Gasteiger partial charge in [0.2, 0.25) is 64.2 Å². The summed E-state index contributed by atoms with van der Waals surface area (Å²) in [6, 6.07) is 26.6. The number of amides is 11. The number of Topliss-reactive ketones (excluding diaryl/α,β-unsaturated/α-hetero) is 1. The lowest BCUT2D eigenvalue weighted by Crippen LogP contribution is -2.60. The van der Waals surface area contributed by atoms with Crippen LogP contribution in [0.25, 0.3) is 11.1 Å². The molecule has 6 rings (SSSR count). The Hall–Kier alpha value is -11.0. The van der Waals surface area contributed by atoms with Gasteiger partial charge >= 0.3 is 18.0 Å². The lowest BCUT2D eigenvalue weighted by atomic mass is 9.98. The number of rotatable bonds is 39. The first kappa shape index (κ1) is 79.0. The van der Waals surface area contributed by atoms with Gasteiger partial charge in [0.15, 0.2) is 5.78 Å². The molecule has 0 spiro atoms. The molecule has 30 nitrogen and oxygen atoms in total. The molecule has 0 aromatic heterocycles. The first-order chi connectivity index (χ1) is 48.2. The van der Waals surface area contributed by atoms with E-state index in [-0.39, 0.29) is 42.7 Å². The summed E-state index contributed by atoms with van der Waals surface area (Å²) in [5, 5.41) is 52.2. The normalized spacial score (nSPS) is 13.4. The number of benzene rings is 5. The van der Waals surface area contributed by atoms with E-state index in [0.717, 1.165) is 45.8 Å². The maximum Gasteiger partial charge on any atom is 0.407 e. The van der Waals surface area contributed by atoms with Gasteiger partial charge in [-0.1, -0.05) is 147 Å². The molecule has 7 atom stereocenters. The Morgan fingerprint density at radius 2 is 1.07 bits per heavy atom. The summed E-state index contributed by atoms with van der Waals surface area (Å²) >= 11 is 1.77. The van der Waals surface area contributed by atoms with Gasteiger partial charge in [0.25, 0.3) is 0 Å². The largest absolute Gasteiger partial charge is 0.481 e. The van der Waals surface area contributed by atoms with Gasteiger partial charge in [-0.3, -0.25) is 67.1 Å². The van der Waals surface area contributed by atoms with Gasteiger partial charge in [-0.05, 0) is 64.8 Å². The van der Waals surface area contributed by atoms with Crippen LogP contribution in [-0.2, 0) is 79.9 Å². The molecular formula is C69H79N11O19S2. The van der Waals surface area contributed by atoms with Gasteiger partial charge in [0, 0.05) is 35.0 Å². The van der Waals surface area contributed by atoms with Crippen molar-refractivity contribution in [3.63, 3.8) is 0 Å². The number of aliphatic carboxylic acids is 2. The number of nitrogens with one attached hydrogen (secondary N) is 10. The van der Waals surface area contributed by atoms with Crippen molar-refractivity contribution in [2.24, 2.45) is 11.7 Å². The zero-order valence-corrected chi connectivity index (χ0v) is 56.8. The number of primary amides is 1. The molecule has 1 aliphatic carbocycles. The van der Waals surface area contributed by atoms with Gasteiger partial charge in [0.1, 0.15) is 48.9 Å². The van der Waals surface area contributed by atoms with E-state index in [2.05, 4.69) is 53.2 Å². The molecular weight excluding hydrogens is 1350 g/mol. The molecule has 536 valence electrons. The number of carboxylic acid groups (broad SMARTS) is 2. The first-order valence-corrected chi connectivity index (χ1v) is 33.7. The van der Waals surface area contributed by atoms with Crippen LogP contribution in [0.5, 0.6) is 0 Å². The van der Waals surface area contributed by atoms with Crippen LogP contribution in [-0.4, -0.2) is 190 Å². The van der Waals surface area contributed by atoms with Crippen molar-refractivity contribution < 1.29 is 92.0 Å². The van der Waals surface area contributed by atoms with E-state index in [1.54, 1.807) is 98.8 Å². The Kier molecular flexibility index (Phi) is 30.9. The maximum absolute atomic E-state index is 14.1. The highest BCUT2D eigenvalue weighted by Crippen LogP contribution is 2.44. The summed E-state index contributed by atoms with van der Waals surface area (Å²) in [6.45, 7) is 1.18. The topological polar surface area (TPSA) is 472 Å². The van der Waals surface area contributed by atoms with E-state index in [0.29, 0.717) is 21.6 Å². The summed E-state index contributed by atoms with van der Waals surface area (Å²) < 4.78 is 5.57. The number of aliphatic hydroxyl groups is 1. The molecule has 0 saturated carbocycles. The number of fused-ring (bicyclic) bond motifs is 3. The van der Waals surface area contributed by atoms with Crippen LogP contribution in [0, 0.1) is 5.92 Å². The predicted octanol–water partition coefficient (Wildman–Crippen LogP) is 0.364. The summed E-state index contributed by atoms with van der Waals surface area (Å²) in [4.78, 5) is 197. The van der Waals surface area contributed by atoms with Crippen molar-refractivity contribution in [3.8, 4) is 11.1 Å². The fourth-order valence-electron chi connectivity index (χ4n) is 10.2. The Labute approximate surface area is 588 Å². The second-order valence-electron chi connectivity index (χ2n) is 23.5. The molecule has 5 aromatic carbocycles. The van der Waals surface area contributed by atoms with Crippen molar-refractivity contribution in [3.05, 3.63) is 161 Å². The minimum Gasteiger partial charge on any atom is -0.481 e. The van der Waals surface area contributed by atoms with E-state index in [4.69, 9.17) is 15.6 Å². The fourth-order valence-corrected chi connectivity index (χ4v) is 11.8. The molecule has 0 fully saturated rings. The van der Waals surface area contributed by atoms with Crippen LogP contribution in [0.15, 0.2) is 138 Å². The van der Waals surface area contributed by atoms with E-state index in [1.165, 1.54) is 6.92 Å². The molecule has 0 saturated heterocycles. The Morgan fingerprint density at radius 1 is 0.515 bits per heavy atom. The molecule has 0 radical (unpaired) electrons. The number of ketones is 1. The minimum absolute atomic E-state index is 0.149. The third kappa shape index (κ3) is 25.7. The average molecular weight is 1430 g/mol. The zero-order chi connectivity index (χ0) is 73.7. The number of hydrogen-bond donors (Lipinski definition) is 14. The van der Waals surface area contributed by atoms with Crippen molar-refractivity contribution in [2.45, 2.75) is 106 Å². The van der Waals surface area contributed by atoms with Gasteiger partial charge in [-0.25, -0.2) is 4.79 Å². The van der Waals surface area contributed by atoms with Gasteiger partial charge in [0.05, 0.1) is 44.8 Å². The predicted molar refractivity (Wildman–Crippen MR) is 368 cm³/mol. The number of nitrogens with two attached hydrogens (primary N) is 1. The third-order valence-corrected chi connectivity index (χ3v) is 17.3. The quantitative estimate of drug-likeness (QED) is 0.0187. The lowest BCUT2D eigenvalue weighted by molar-refractivity contribution is -0.138. The van der Waals surface area contributed by atoms with Gasteiger partial charge < -0.3 is 79.0 Å². The Bertz CT molecular complexity index is 3780. The summed E-state index contributed by atoms with van der Waals surface area (Å²) in [5.74, 6) is -14.1. The van der Waals surface area contributed by atoms with Crippen LogP contribution in [0.2, 0.25) is 0 Å². The molecule has 11 amide bonds. The number of hydrogen-bond acceptors (Lipinski definition) is 19. The zero-order valence-electron chi connectivity index (χ0n) is 55.2. The number of alkyl carbamates (subject to hydrolysis) is 1. The van der Waals surface area contributed by atoms with Gasteiger partial charge in [-0.15, -0.1) is 0 Å². The molecule has 0 heterocycles. The third-order valence-electron chi connectivity index (χ3n) is 15.4. The number of aliphatic hydroxyl groups excluding tert-OH is 1.